The van der Waals surface area contributed by atoms with Gasteiger partial charge in [0.1, 0.15) is 17.2 Å². The van der Waals surface area contributed by atoms with Crippen molar-refractivity contribution in [1.82, 2.24) is 19.6 Å². The van der Waals surface area contributed by atoms with Crippen molar-refractivity contribution < 1.29 is 19.0 Å². The molecule has 2 aliphatic rings. The molecule has 3 atom stereocenters. The van der Waals surface area contributed by atoms with Crippen LogP contribution in [0.1, 0.15) is 42.2 Å². The van der Waals surface area contributed by atoms with Crippen molar-refractivity contribution in [3.05, 3.63) is 47.7 Å². The highest BCUT2D eigenvalue weighted by molar-refractivity contribution is 5.95. The van der Waals surface area contributed by atoms with E-state index in [1.165, 1.54) is 16.8 Å². The number of fused-ring (bicyclic) bond motifs is 2. The third-order valence-corrected chi connectivity index (χ3v) is 5.99. The highest BCUT2D eigenvalue weighted by Crippen LogP contribution is 2.66. The quantitative estimate of drug-likeness (QED) is 0.677. The van der Waals surface area contributed by atoms with E-state index in [1.54, 1.807) is 19.2 Å². The number of pyridine rings is 1. The Morgan fingerprint density at radius 3 is 3.07 bits per heavy atom. The molecule has 0 radical (unpaired) electrons. The van der Waals surface area contributed by atoms with Crippen molar-refractivity contribution in [3.63, 3.8) is 0 Å². The van der Waals surface area contributed by atoms with Crippen LogP contribution < -0.4 is 4.90 Å². The van der Waals surface area contributed by atoms with Crippen molar-refractivity contribution in [1.29, 1.82) is 0 Å². The second-order valence-corrected chi connectivity index (χ2v) is 7.94. The van der Waals surface area contributed by atoms with Crippen LogP contribution in [0.15, 0.2) is 30.7 Å². The van der Waals surface area contributed by atoms with Crippen LogP contribution in [-0.4, -0.2) is 43.8 Å². The molecule has 2 fully saturated rings. The number of aromatic hydroxyl groups is 1. The van der Waals surface area contributed by atoms with Crippen LogP contribution in [0.25, 0.3) is 5.65 Å². The Bertz CT molecular complexity index is 1130. The van der Waals surface area contributed by atoms with Crippen molar-refractivity contribution >= 4 is 17.4 Å². The molecule has 8 nitrogen and oxygen atoms in total. The molecule has 1 aliphatic heterocycles. The van der Waals surface area contributed by atoms with E-state index in [0.29, 0.717) is 23.6 Å². The summed E-state index contributed by atoms with van der Waals surface area (Å²) >= 11 is 0. The van der Waals surface area contributed by atoms with Crippen molar-refractivity contribution in [2.24, 2.45) is 11.3 Å². The number of hydrogen-bond donors (Lipinski definition) is 1. The first-order chi connectivity index (χ1) is 13.9. The second-order valence-electron chi connectivity index (χ2n) is 7.94. The summed E-state index contributed by atoms with van der Waals surface area (Å²) in [7, 11) is 0. The Morgan fingerprint density at radius 1 is 1.45 bits per heavy atom. The van der Waals surface area contributed by atoms with Gasteiger partial charge in [0, 0.05) is 18.3 Å². The van der Waals surface area contributed by atoms with Crippen LogP contribution in [-0.2, 0) is 4.74 Å². The summed E-state index contributed by atoms with van der Waals surface area (Å²) in [6.07, 6.45) is 5.17. The lowest BCUT2D eigenvalue weighted by molar-refractivity contribution is 0.0528. The first-order valence-corrected chi connectivity index (χ1v) is 9.54. The van der Waals surface area contributed by atoms with Gasteiger partial charge in [-0.1, -0.05) is 6.92 Å². The van der Waals surface area contributed by atoms with Gasteiger partial charge in [0.15, 0.2) is 5.65 Å². The van der Waals surface area contributed by atoms with Crippen LogP contribution >= 0.6 is 0 Å². The van der Waals surface area contributed by atoms with Gasteiger partial charge in [-0.3, -0.25) is 0 Å². The zero-order valence-electron chi connectivity index (χ0n) is 16.0. The minimum atomic E-state index is -0.490. The average molecular weight is 397 g/mol. The third kappa shape index (κ3) is 2.72. The van der Waals surface area contributed by atoms with Gasteiger partial charge in [0.2, 0.25) is 5.88 Å². The van der Waals surface area contributed by atoms with Gasteiger partial charge in [0.05, 0.1) is 25.0 Å². The molecule has 1 saturated carbocycles. The Hall–Kier alpha value is -3.23. The summed E-state index contributed by atoms with van der Waals surface area (Å²) in [6.45, 7) is 4.89. The van der Waals surface area contributed by atoms with Crippen molar-refractivity contribution in [2.75, 3.05) is 18.1 Å². The SMILES string of the molecule is CCOC(=O)c1cnn2ccc(N3CC4(C)CC4C3c3cc(F)cnc3O)nc12. The Morgan fingerprint density at radius 2 is 2.28 bits per heavy atom. The van der Waals surface area contributed by atoms with Gasteiger partial charge in [-0.25, -0.2) is 23.7 Å². The van der Waals surface area contributed by atoms with Crippen LogP contribution in [0.2, 0.25) is 0 Å². The van der Waals surface area contributed by atoms with E-state index in [1.807, 2.05) is 4.90 Å². The molecule has 5 rings (SSSR count). The predicted molar refractivity (Wildman–Crippen MR) is 101 cm³/mol. The average Bonchev–Trinajstić information content (AvgIpc) is 3.06. The summed E-state index contributed by atoms with van der Waals surface area (Å²) in [5.41, 5.74) is 1.21. The largest absolute Gasteiger partial charge is 0.493 e. The van der Waals surface area contributed by atoms with E-state index in [9.17, 15) is 14.3 Å². The first-order valence-electron chi connectivity index (χ1n) is 9.54. The topological polar surface area (TPSA) is 92.8 Å². The Balaban J connectivity index is 1.58. The second kappa shape index (κ2) is 6.13. The molecular formula is C20H20FN5O3. The molecule has 0 bridgehead atoms. The number of hydrogen-bond acceptors (Lipinski definition) is 7. The molecule has 0 spiro atoms. The normalized spacial score (nSPS) is 25.3. The number of rotatable bonds is 4. The maximum Gasteiger partial charge on any atom is 0.343 e. The summed E-state index contributed by atoms with van der Waals surface area (Å²) < 4.78 is 20.5. The number of esters is 1. The zero-order valence-corrected chi connectivity index (χ0v) is 16.0. The van der Waals surface area contributed by atoms with E-state index in [2.05, 4.69) is 22.0 Å². The summed E-state index contributed by atoms with van der Waals surface area (Å²) in [5, 5.41) is 14.5. The van der Waals surface area contributed by atoms with Gasteiger partial charge in [0.25, 0.3) is 0 Å². The maximum atomic E-state index is 13.9. The molecule has 3 aromatic rings. The van der Waals surface area contributed by atoms with Crippen molar-refractivity contribution in [2.45, 2.75) is 26.3 Å². The number of piperidine rings is 1. The van der Waals surface area contributed by atoms with E-state index >= 15 is 0 Å². The molecule has 9 heteroatoms. The van der Waals surface area contributed by atoms with Crippen molar-refractivity contribution in [3.8, 4) is 5.88 Å². The Kier molecular flexibility index (Phi) is 3.77. The third-order valence-electron chi connectivity index (χ3n) is 5.99. The molecule has 0 aromatic carbocycles. The molecule has 1 N–H and O–H groups in total. The van der Waals surface area contributed by atoms with Crippen LogP contribution in [0, 0.1) is 17.2 Å². The highest BCUT2D eigenvalue weighted by Gasteiger charge is 2.63. The van der Waals surface area contributed by atoms with Crippen LogP contribution in [0.5, 0.6) is 5.88 Å². The van der Waals surface area contributed by atoms with Gasteiger partial charge < -0.3 is 14.7 Å². The lowest BCUT2D eigenvalue weighted by atomic mass is 10.0. The van der Waals surface area contributed by atoms with E-state index in [4.69, 9.17) is 4.74 Å². The van der Waals surface area contributed by atoms with Crippen LogP contribution in [0.4, 0.5) is 10.2 Å². The highest BCUT2D eigenvalue weighted by atomic mass is 19.1. The van der Waals surface area contributed by atoms with Crippen LogP contribution in [0.3, 0.4) is 0 Å². The molecule has 1 aliphatic carbocycles. The van der Waals surface area contributed by atoms with E-state index < -0.39 is 11.8 Å². The monoisotopic (exact) mass is 397 g/mol. The molecule has 3 aromatic heterocycles. The van der Waals surface area contributed by atoms with E-state index in [0.717, 1.165) is 12.6 Å². The first kappa shape index (κ1) is 17.8. The van der Waals surface area contributed by atoms with Gasteiger partial charge in [-0.2, -0.15) is 5.10 Å². The fourth-order valence-electron chi connectivity index (χ4n) is 4.47. The molecule has 0 amide bonds. The van der Waals surface area contributed by atoms with Gasteiger partial charge in [-0.05, 0) is 36.8 Å². The van der Waals surface area contributed by atoms with Gasteiger partial charge in [-0.15, -0.1) is 0 Å². The summed E-state index contributed by atoms with van der Waals surface area (Å²) in [5.74, 6) is -0.243. The standard InChI is InChI=1S/C20H20FN5O3/c1-3-29-19(28)13-9-23-26-5-4-15(24-17(13)26)25-10-20(2)7-14(20)16(25)12-6-11(21)8-22-18(12)27/h4-6,8-9,14,16H,3,7,10H2,1-2H3,(H,22,27). The minimum Gasteiger partial charge on any atom is -0.493 e. The fraction of sp³-hybridized carbons (Fsp3) is 0.400. The number of anilines is 1. The molecule has 1 saturated heterocycles. The smallest absolute Gasteiger partial charge is 0.343 e. The molecule has 29 heavy (non-hydrogen) atoms. The van der Waals surface area contributed by atoms with Gasteiger partial charge >= 0.3 is 5.97 Å². The Labute approximate surface area is 166 Å². The molecule has 150 valence electrons. The van der Waals surface area contributed by atoms with E-state index in [-0.39, 0.29) is 35.4 Å². The zero-order chi connectivity index (χ0) is 20.3. The fourth-order valence-corrected chi connectivity index (χ4v) is 4.47. The molecule has 4 heterocycles. The molecule has 3 unspecified atom stereocenters. The number of ether oxygens (including phenoxy) is 1. The summed E-state index contributed by atoms with van der Waals surface area (Å²) in [4.78, 5) is 22.7. The maximum absolute atomic E-state index is 13.9. The molecular weight excluding hydrogens is 377 g/mol. The number of carbonyl (C=O) groups is 1. The summed E-state index contributed by atoms with van der Waals surface area (Å²) in [6, 6.07) is 2.90. The number of aromatic nitrogens is 4. The number of nitrogens with zero attached hydrogens (tertiary/aromatic N) is 5. The lowest BCUT2D eigenvalue weighted by Crippen LogP contribution is -2.28. The minimum absolute atomic E-state index is 0.0709. The number of carbonyl (C=O) groups excluding carboxylic acids is 1. The number of halogens is 1. The lowest BCUT2D eigenvalue weighted by Gasteiger charge is -2.29. The predicted octanol–water partition coefficient (Wildman–Crippen LogP) is 2.73.